The van der Waals surface area contributed by atoms with E-state index in [0.29, 0.717) is 23.8 Å². The van der Waals surface area contributed by atoms with Crippen molar-refractivity contribution in [3.05, 3.63) is 65.2 Å². The lowest BCUT2D eigenvalue weighted by molar-refractivity contribution is -0.126. The molecule has 2 aromatic rings. The van der Waals surface area contributed by atoms with Crippen LogP contribution in [0.3, 0.4) is 0 Å². The van der Waals surface area contributed by atoms with Gasteiger partial charge in [-0.3, -0.25) is 9.59 Å². The Hall–Kier alpha value is -2.33. The highest BCUT2D eigenvalue weighted by atomic mass is 35.5. The highest BCUT2D eigenvalue weighted by Gasteiger charge is 2.35. The van der Waals surface area contributed by atoms with Crippen molar-refractivity contribution in [3.8, 4) is 0 Å². The molecule has 1 saturated heterocycles. The highest BCUT2D eigenvalue weighted by molar-refractivity contribution is 6.33. The zero-order chi connectivity index (χ0) is 17.8. The number of anilines is 1. The third kappa shape index (κ3) is 4.02. The fourth-order valence-electron chi connectivity index (χ4n) is 3.08. The topological polar surface area (TPSA) is 49.4 Å². The minimum Gasteiger partial charge on any atom is -0.355 e. The summed E-state index contributed by atoms with van der Waals surface area (Å²) in [5.41, 5.74) is 1.85. The molecule has 0 saturated carbocycles. The van der Waals surface area contributed by atoms with Gasteiger partial charge in [0.1, 0.15) is 0 Å². The van der Waals surface area contributed by atoms with Gasteiger partial charge in [-0.25, -0.2) is 0 Å². The molecule has 2 atom stereocenters. The largest absolute Gasteiger partial charge is 0.355 e. The van der Waals surface area contributed by atoms with Crippen molar-refractivity contribution >= 4 is 29.1 Å². The Morgan fingerprint density at radius 2 is 1.88 bits per heavy atom. The maximum absolute atomic E-state index is 12.5. The molecule has 1 aliphatic heterocycles. The van der Waals surface area contributed by atoms with Crippen molar-refractivity contribution in [2.45, 2.75) is 19.3 Å². The van der Waals surface area contributed by atoms with E-state index < -0.39 is 0 Å². The van der Waals surface area contributed by atoms with Gasteiger partial charge in [-0.05, 0) is 23.6 Å². The van der Waals surface area contributed by atoms with E-state index in [1.807, 2.05) is 30.3 Å². The Kier molecular flexibility index (Phi) is 5.39. The zero-order valence-electron chi connectivity index (χ0n) is 14.1. The predicted molar refractivity (Wildman–Crippen MR) is 99.8 cm³/mol. The average Bonchev–Trinajstić information content (AvgIpc) is 3.02. The van der Waals surface area contributed by atoms with E-state index in [0.717, 1.165) is 0 Å². The van der Waals surface area contributed by atoms with Crippen LogP contribution in [0, 0.1) is 5.92 Å². The van der Waals surface area contributed by atoms with E-state index in [2.05, 4.69) is 24.4 Å². The quantitative estimate of drug-likeness (QED) is 0.889. The number of nitrogens with zero attached hydrogens (tertiary/aromatic N) is 1. The van der Waals surface area contributed by atoms with Gasteiger partial charge < -0.3 is 10.2 Å². The first-order valence-corrected chi connectivity index (χ1v) is 8.81. The van der Waals surface area contributed by atoms with Gasteiger partial charge in [-0.2, -0.15) is 0 Å². The third-order valence-corrected chi connectivity index (χ3v) is 4.91. The van der Waals surface area contributed by atoms with E-state index in [4.69, 9.17) is 11.6 Å². The van der Waals surface area contributed by atoms with Crippen LogP contribution in [0.2, 0.25) is 5.02 Å². The molecule has 1 aliphatic rings. The molecule has 5 heteroatoms. The van der Waals surface area contributed by atoms with Crippen molar-refractivity contribution in [2.24, 2.45) is 5.92 Å². The Morgan fingerprint density at radius 1 is 1.20 bits per heavy atom. The van der Waals surface area contributed by atoms with Crippen LogP contribution < -0.4 is 10.2 Å². The van der Waals surface area contributed by atoms with E-state index in [1.165, 1.54) is 5.56 Å². The molecule has 1 heterocycles. The molecule has 2 aromatic carbocycles. The number of benzene rings is 2. The molecule has 25 heavy (non-hydrogen) atoms. The molecule has 0 radical (unpaired) electrons. The first-order valence-electron chi connectivity index (χ1n) is 8.44. The first kappa shape index (κ1) is 17.5. The van der Waals surface area contributed by atoms with Crippen LogP contribution in [-0.2, 0) is 9.59 Å². The van der Waals surface area contributed by atoms with Crippen molar-refractivity contribution < 1.29 is 9.59 Å². The standard InChI is InChI=1S/C20H21ClN2O2/c1-14(15-7-3-2-4-8-15)12-22-20(25)16-11-19(24)23(13-16)18-10-6-5-9-17(18)21/h2-10,14,16H,11-13H2,1H3,(H,22,25)/t14-,16+/m1/s1. The van der Waals surface area contributed by atoms with E-state index in [1.54, 1.807) is 17.0 Å². The normalized spacial score (nSPS) is 18.2. The van der Waals surface area contributed by atoms with Crippen molar-refractivity contribution in [1.82, 2.24) is 5.32 Å². The van der Waals surface area contributed by atoms with Crippen molar-refractivity contribution in [1.29, 1.82) is 0 Å². The Labute approximate surface area is 152 Å². The second-order valence-corrected chi connectivity index (χ2v) is 6.82. The first-order chi connectivity index (χ1) is 12.1. The Bertz CT molecular complexity index is 763. The molecule has 4 nitrogen and oxygen atoms in total. The van der Waals surface area contributed by atoms with Gasteiger partial charge >= 0.3 is 0 Å². The number of hydrogen-bond donors (Lipinski definition) is 1. The Morgan fingerprint density at radius 3 is 2.60 bits per heavy atom. The zero-order valence-corrected chi connectivity index (χ0v) is 14.9. The molecule has 1 fully saturated rings. The molecule has 0 aromatic heterocycles. The van der Waals surface area contributed by atoms with Crippen LogP contribution in [0.15, 0.2) is 54.6 Å². The summed E-state index contributed by atoms with van der Waals surface area (Å²) in [7, 11) is 0. The van der Waals surface area contributed by atoms with Gasteiger partial charge in [0, 0.05) is 19.5 Å². The lowest BCUT2D eigenvalue weighted by Gasteiger charge is -2.18. The molecule has 0 spiro atoms. The summed E-state index contributed by atoms with van der Waals surface area (Å²) >= 11 is 6.17. The summed E-state index contributed by atoms with van der Waals surface area (Å²) in [5.74, 6) is -0.260. The summed E-state index contributed by atoms with van der Waals surface area (Å²) in [6, 6.07) is 17.3. The molecule has 130 valence electrons. The summed E-state index contributed by atoms with van der Waals surface area (Å²) in [6.07, 6.45) is 0.219. The summed E-state index contributed by atoms with van der Waals surface area (Å²) < 4.78 is 0. The lowest BCUT2D eigenvalue weighted by Crippen LogP contribution is -2.35. The number of rotatable bonds is 5. The molecule has 1 N–H and O–H groups in total. The van der Waals surface area contributed by atoms with Crippen LogP contribution >= 0.6 is 11.6 Å². The fourth-order valence-corrected chi connectivity index (χ4v) is 3.32. The minimum atomic E-state index is -0.341. The molecular formula is C20H21ClN2O2. The van der Waals surface area contributed by atoms with E-state index >= 15 is 0 Å². The Balaban J connectivity index is 1.59. The van der Waals surface area contributed by atoms with Crippen molar-refractivity contribution in [3.63, 3.8) is 0 Å². The number of amides is 2. The van der Waals surface area contributed by atoms with Gasteiger partial charge in [0.05, 0.1) is 16.6 Å². The van der Waals surface area contributed by atoms with Crippen LogP contribution in [0.4, 0.5) is 5.69 Å². The predicted octanol–water partition coefficient (Wildman–Crippen LogP) is 3.61. The highest BCUT2D eigenvalue weighted by Crippen LogP contribution is 2.31. The van der Waals surface area contributed by atoms with Crippen LogP contribution in [0.1, 0.15) is 24.8 Å². The van der Waals surface area contributed by atoms with Crippen LogP contribution in [0.25, 0.3) is 0 Å². The number of carbonyl (C=O) groups excluding carboxylic acids is 2. The third-order valence-electron chi connectivity index (χ3n) is 4.59. The molecule has 0 bridgehead atoms. The number of hydrogen-bond acceptors (Lipinski definition) is 2. The van der Waals surface area contributed by atoms with Crippen molar-refractivity contribution in [2.75, 3.05) is 18.0 Å². The second-order valence-electron chi connectivity index (χ2n) is 6.41. The number of para-hydroxylation sites is 1. The fraction of sp³-hybridized carbons (Fsp3) is 0.300. The summed E-state index contributed by atoms with van der Waals surface area (Å²) in [6.45, 7) is 3.00. The maximum Gasteiger partial charge on any atom is 0.227 e. The molecule has 2 amide bonds. The number of carbonyl (C=O) groups is 2. The van der Waals surface area contributed by atoms with Crippen LogP contribution in [-0.4, -0.2) is 24.9 Å². The summed E-state index contributed by atoms with van der Waals surface area (Å²) in [4.78, 5) is 26.4. The van der Waals surface area contributed by atoms with E-state index in [9.17, 15) is 9.59 Å². The van der Waals surface area contributed by atoms with Gasteiger partial charge in [0.25, 0.3) is 0 Å². The van der Waals surface area contributed by atoms with Gasteiger partial charge in [0.2, 0.25) is 11.8 Å². The average molecular weight is 357 g/mol. The van der Waals surface area contributed by atoms with E-state index in [-0.39, 0.29) is 30.1 Å². The van der Waals surface area contributed by atoms with Gasteiger partial charge in [-0.1, -0.05) is 61.0 Å². The van der Waals surface area contributed by atoms with Gasteiger partial charge in [0.15, 0.2) is 0 Å². The number of halogens is 1. The molecule has 0 aliphatic carbocycles. The monoisotopic (exact) mass is 356 g/mol. The minimum absolute atomic E-state index is 0.0654. The smallest absolute Gasteiger partial charge is 0.227 e. The second kappa shape index (κ2) is 7.70. The van der Waals surface area contributed by atoms with Gasteiger partial charge in [-0.15, -0.1) is 0 Å². The summed E-state index contributed by atoms with van der Waals surface area (Å²) in [5, 5.41) is 3.50. The molecule has 0 unspecified atom stereocenters. The van der Waals surface area contributed by atoms with Crippen LogP contribution in [0.5, 0.6) is 0 Å². The number of nitrogens with one attached hydrogen (secondary N) is 1. The molecule has 3 rings (SSSR count). The molecular weight excluding hydrogens is 336 g/mol. The SMILES string of the molecule is C[C@H](CNC(=O)[C@H]1CC(=O)N(c2ccccc2Cl)C1)c1ccccc1. The lowest BCUT2D eigenvalue weighted by atomic mass is 10.0. The maximum atomic E-state index is 12.5.